The molecule has 1 fully saturated rings. The second-order valence-corrected chi connectivity index (χ2v) is 5.25. The summed E-state index contributed by atoms with van der Waals surface area (Å²) >= 11 is 3.48. The van der Waals surface area contributed by atoms with Crippen LogP contribution in [0.5, 0.6) is 5.75 Å². The summed E-state index contributed by atoms with van der Waals surface area (Å²) in [7, 11) is 0. The largest absolute Gasteiger partial charge is 0.488 e. The summed E-state index contributed by atoms with van der Waals surface area (Å²) in [6, 6.07) is 6.72. The second kappa shape index (κ2) is 4.35. The van der Waals surface area contributed by atoms with Crippen LogP contribution in [0.2, 0.25) is 0 Å². The molecule has 1 aromatic rings. The van der Waals surface area contributed by atoms with Crippen LogP contribution in [0.25, 0.3) is 0 Å². The Bertz CT molecular complexity index is 393. The van der Waals surface area contributed by atoms with E-state index in [9.17, 15) is 0 Å². The van der Waals surface area contributed by atoms with Gasteiger partial charge in [0.15, 0.2) is 0 Å². The summed E-state index contributed by atoms with van der Waals surface area (Å²) in [6.07, 6.45) is 1.26. The fourth-order valence-corrected chi connectivity index (χ4v) is 2.46. The van der Waals surface area contributed by atoms with Crippen LogP contribution < -0.4 is 10.1 Å². The third-order valence-electron chi connectivity index (χ3n) is 3.04. The van der Waals surface area contributed by atoms with Gasteiger partial charge in [-0.1, -0.05) is 15.9 Å². The van der Waals surface area contributed by atoms with E-state index in [-0.39, 0.29) is 6.10 Å². The maximum atomic E-state index is 5.86. The van der Waals surface area contributed by atoms with Crippen molar-refractivity contribution in [2.75, 3.05) is 19.8 Å². The van der Waals surface area contributed by atoms with Gasteiger partial charge in [-0.2, -0.15) is 0 Å². The van der Waals surface area contributed by atoms with Crippen molar-refractivity contribution in [2.45, 2.75) is 18.6 Å². The molecule has 2 aliphatic rings. The van der Waals surface area contributed by atoms with E-state index in [0.29, 0.717) is 6.04 Å². The lowest BCUT2D eigenvalue weighted by atomic mass is 10.1. The Morgan fingerprint density at radius 3 is 3.00 bits per heavy atom. The molecule has 0 spiro atoms. The Morgan fingerprint density at radius 2 is 2.25 bits per heavy atom. The summed E-state index contributed by atoms with van der Waals surface area (Å²) in [5.74, 6) is 1.03. The van der Waals surface area contributed by atoms with Gasteiger partial charge in [-0.05, 0) is 23.8 Å². The first-order chi connectivity index (χ1) is 7.81. The molecule has 86 valence electrons. The van der Waals surface area contributed by atoms with Gasteiger partial charge in [-0.15, -0.1) is 0 Å². The molecule has 0 amide bonds. The molecule has 4 heteroatoms. The van der Waals surface area contributed by atoms with Crippen molar-refractivity contribution in [3.8, 4) is 5.75 Å². The average molecular weight is 284 g/mol. The van der Waals surface area contributed by atoms with E-state index in [1.807, 2.05) is 12.1 Å². The normalized spacial score (nSPS) is 23.7. The Kier molecular flexibility index (Phi) is 2.88. The van der Waals surface area contributed by atoms with E-state index >= 15 is 0 Å². The zero-order valence-electron chi connectivity index (χ0n) is 8.91. The molecular formula is C12H14BrNO2. The second-order valence-electron chi connectivity index (χ2n) is 4.34. The molecule has 0 bridgehead atoms. The van der Waals surface area contributed by atoms with Gasteiger partial charge in [-0.3, -0.25) is 0 Å². The van der Waals surface area contributed by atoms with Crippen LogP contribution in [0.4, 0.5) is 0 Å². The minimum atomic E-state index is 0.268. The fraction of sp³-hybridized carbons (Fsp3) is 0.500. The molecule has 1 atom stereocenters. The zero-order valence-corrected chi connectivity index (χ0v) is 10.5. The first-order valence-corrected chi connectivity index (χ1v) is 6.37. The molecule has 16 heavy (non-hydrogen) atoms. The number of nitrogens with one attached hydrogen (secondary N) is 1. The molecule has 1 aromatic carbocycles. The summed E-state index contributed by atoms with van der Waals surface area (Å²) in [5.41, 5.74) is 1.30. The average Bonchev–Trinajstić information content (AvgIpc) is 2.57. The summed E-state index contributed by atoms with van der Waals surface area (Å²) < 4.78 is 12.1. The Labute approximate surface area is 103 Å². The van der Waals surface area contributed by atoms with Gasteiger partial charge in [0.2, 0.25) is 0 Å². The van der Waals surface area contributed by atoms with Crippen molar-refractivity contribution >= 4 is 15.9 Å². The molecule has 0 aromatic heterocycles. The van der Waals surface area contributed by atoms with Crippen LogP contribution in [0.15, 0.2) is 22.7 Å². The van der Waals surface area contributed by atoms with E-state index in [0.717, 1.165) is 36.4 Å². The predicted octanol–water partition coefficient (Wildman–Crippen LogP) is 1.74. The lowest BCUT2D eigenvalue weighted by molar-refractivity contribution is -0.00810. The monoisotopic (exact) mass is 283 g/mol. The van der Waals surface area contributed by atoms with Crippen LogP contribution in [0, 0.1) is 0 Å². The number of benzene rings is 1. The smallest absolute Gasteiger partial charge is 0.123 e. The number of ether oxygens (including phenoxy) is 2. The fourth-order valence-electron chi connectivity index (χ4n) is 2.05. The standard InChI is InChI=1S/C12H14BrNO2/c13-9-1-2-12-8(3-9)4-11(16-12)5-14-10-6-15-7-10/h1-3,10-11,14H,4-7H2. The first-order valence-electron chi connectivity index (χ1n) is 5.57. The molecule has 2 aliphatic heterocycles. The molecule has 3 nitrogen and oxygen atoms in total. The maximum absolute atomic E-state index is 5.86. The van der Waals surface area contributed by atoms with Gasteiger partial charge in [0.1, 0.15) is 11.9 Å². The molecule has 1 N–H and O–H groups in total. The van der Waals surface area contributed by atoms with Gasteiger partial charge in [0.05, 0.1) is 19.3 Å². The molecular weight excluding hydrogens is 270 g/mol. The van der Waals surface area contributed by atoms with Crippen molar-refractivity contribution < 1.29 is 9.47 Å². The van der Waals surface area contributed by atoms with Crippen LogP contribution >= 0.6 is 15.9 Å². The zero-order chi connectivity index (χ0) is 11.0. The number of fused-ring (bicyclic) bond motifs is 1. The van der Waals surface area contributed by atoms with Crippen molar-refractivity contribution in [3.05, 3.63) is 28.2 Å². The van der Waals surface area contributed by atoms with Gasteiger partial charge in [-0.25, -0.2) is 0 Å². The molecule has 2 heterocycles. The minimum absolute atomic E-state index is 0.268. The van der Waals surface area contributed by atoms with E-state index in [1.54, 1.807) is 0 Å². The highest BCUT2D eigenvalue weighted by molar-refractivity contribution is 9.10. The third-order valence-corrected chi connectivity index (χ3v) is 3.53. The van der Waals surface area contributed by atoms with Gasteiger partial charge in [0.25, 0.3) is 0 Å². The molecule has 0 saturated carbocycles. The highest BCUT2D eigenvalue weighted by Gasteiger charge is 2.25. The Hall–Kier alpha value is -0.580. The third kappa shape index (κ3) is 2.10. The van der Waals surface area contributed by atoms with Crippen molar-refractivity contribution in [3.63, 3.8) is 0 Å². The van der Waals surface area contributed by atoms with Crippen molar-refractivity contribution in [1.82, 2.24) is 5.32 Å². The lowest BCUT2D eigenvalue weighted by Crippen LogP contribution is -2.49. The SMILES string of the molecule is Brc1ccc2c(c1)CC(CNC1COC1)O2. The summed E-state index contributed by atoms with van der Waals surface area (Å²) in [4.78, 5) is 0. The van der Waals surface area contributed by atoms with E-state index in [4.69, 9.17) is 9.47 Å². The van der Waals surface area contributed by atoms with Gasteiger partial charge >= 0.3 is 0 Å². The molecule has 1 saturated heterocycles. The predicted molar refractivity (Wildman–Crippen MR) is 64.9 cm³/mol. The number of hydrogen-bond acceptors (Lipinski definition) is 3. The Morgan fingerprint density at radius 1 is 1.38 bits per heavy atom. The number of halogens is 1. The molecule has 3 rings (SSSR count). The van der Waals surface area contributed by atoms with E-state index in [1.165, 1.54) is 5.56 Å². The first kappa shape index (κ1) is 10.6. The number of rotatable bonds is 3. The van der Waals surface area contributed by atoms with E-state index in [2.05, 4.69) is 27.3 Å². The van der Waals surface area contributed by atoms with Crippen molar-refractivity contribution in [2.24, 2.45) is 0 Å². The van der Waals surface area contributed by atoms with Gasteiger partial charge in [0, 0.05) is 17.4 Å². The van der Waals surface area contributed by atoms with Gasteiger partial charge < -0.3 is 14.8 Å². The lowest BCUT2D eigenvalue weighted by Gasteiger charge is -2.28. The highest BCUT2D eigenvalue weighted by Crippen LogP contribution is 2.30. The van der Waals surface area contributed by atoms with Crippen LogP contribution in [0.1, 0.15) is 5.56 Å². The quantitative estimate of drug-likeness (QED) is 0.917. The van der Waals surface area contributed by atoms with E-state index < -0.39 is 0 Å². The summed E-state index contributed by atoms with van der Waals surface area (Å²) in [6.45, 7) is 2.58. The highest BCUT2D eigenvalue weighted by atomic mass is 79.9. The number of hydrogen-bond donors (Lipinski definition) is 1. The van der Waals surface area contributed by atoms with Crippen LogP contribution in [-0.2, 0) is 11.2 Å². The van der Waals surface area contributed by atoms with Crippen molar-refractivity contribution in [1.29, 1.82) is 0 Å². The molecule has 0 aliphatic carbocycles. The Balaban J connectivity index is 1.57. The minimum Gasteiger partial charge on any atom is -0.488 e. The topological polar surface area (TPSA) is 30.5 Å². The molecule has 0 radical (unpaired) electrons. The maximum Gasteiger partial charge on any atom is 0.123 e. The van der Waals surface area contributed by atoms with Crippen LogP contribution in [0.3, 0.4) is 0 Å². The van der Waals surface area contributed by atoms with Crippen LogP contribution in [-0.4, -0.2) is 31.9 Å². The molecule has 1 unspecified atom stereocenters. The summed E-state index contributed by atoms with van der Waals surface area (Å²) in [5, 5.41) is 3.45.